The molecule has 0 amide bonds. The molecule has 18 heavy (non-hydrogen) atoms. The smallest absolute Gasteiger partial charge is 0.00787 e. The van der Waals surface area contributed by atoms with Crippen molar-refractivity contribution in [3.05, 3.63) is 35.4 Å². The molecule has 0 radical (unpaired) electrons. The summed E-state index contributed by atoms with van der Waals surface area (Å²) in [6, 6.07) is 9.82. The van der Waals surface area contributed by atoms with Gasteiger partial charge in [-0.2, -0.15) is 0 Å². The first-order chi connectivity index (χ1) is 8.81. The molecule has 1 N–H and O–H groups in total. The van der Waals surface area contributed by atoms with Crippen molar-refractivity contribution >= 4 is 0 Å². The summed E-state index contributed by atoms with van der Waals surface area (Å²) in [6.07, 6.45) is 8.52. The van der Waals surface area contributed by atoms with Crippen molar-refractivity contribution < 1.29 is 0 Å². The summed E-state index contributed by atoms with van der Waals surface area (Å²) in [5.74, 6) is 1.90. The third-order valence-corrected chi connectivity index (χ3v) is 4.57. The topological polar surface area (TPSA) is 12.0 Å². The molecule has 0 bridgehead atoms. The number of aryl methyl sites for hydroxylation is 1. The molecule has 1 aromatic carbocycles. The Morgan fingerprint density at radius 2 is 2.06 bits per heavy atom. The molecule has 0 unspecified atom stereocenters. The Kier molecular flexibility index (Phi) is 3.69. The highest BCUT2D eigenvalue weighted by Crippen LogP contribution is 2.37. The summed E-state index contributed by atoms with van der Waals surface area (Å²) in [7, 11) is 0. The van der Waals surface area contributed by atoms with Crippen molar-refractivity contribution in [3.63, 3.8) is 0 Å². The van der Waals surface area contributed by atoms with Crippen molar-refractivity contribution in [2.45, 2.75) is 57.4 Å². The zero-order valence-electron chi connectivity index (χ0n) is 11.5. The second-order valence-electron chi connectivity index (χ2n) is 6.32. The minimum Gasteiger partial charge on any atom is -0.314 e. The SMILES string of the molecule is Cc1cccc(C2CC(NCCCC3CC3)C2)c1. The molecule has 0 aromatic heterocycles. The molecule has 0 atom stereocenters. The first-order valence-electron chi connectivity index (χ1n) is 7.61. The van der Waals surface area contributed by atoms with E-state index in [0.717, 1.165) is 17.9 Å². The molecule has 0 spiro atoms. The molecule has 2 fully saturated rings. The minimum absolute atomic E-state index is 0.787. The fourth-order valence-electron chi connectivity index (χ4n) is 3.08. The van der Waals surface area contributed by atoms with Crippen molar-refractivity contribution in [1.29, 1.82) is 0 Å². The largest absolute Gasteiger partial charge is 0.314 e. The third-order valence-electron chi connectivity index (χ3n) is 4.57. The zero-order chi connectivity index (χ0) is 12.4. The van der Waals surface area contributed by atoms with Gasteiger partial charge in [-0.1, -0.05) is 42.7 Å². The van der Waals surface area contributed by atoms with E-state index in [-0.39, 0.29) is 0 Å². The van der Waals surface area contributed by atoms with Crippen LogP contribution in [0, 0.1) is 12.8 Å². The molecule has 0 aliphatic heterocycles. The summed E-state index contributed by atoms with van der Waals surface area (Å²) >= 11 is 0. The van der Waals surface area contributed by atoms with Gasteiger partial charge in [-0.25, -0.2) is 0 Å². The van der Waals surface area contributed by atoms with Gasteiger partial charge in [-0.3, -0.25) is 0 Å². The molecule has 2 aliphatic rings. The molecule has 0 heterocycles. The molecule has 0 saturated heterocycles. The van der Waals surface area contributed by atoms with Gasteiger partial charge in [-0.15, -0.1) is 0 Å². The van der Waals surface area contributed by atoms with Crippen LogP contribution in [0.3, 0.4) is 0 Å². The maximum Gasteiger partial charge on any atom is 0.00787 e. The van der Waals surface area contributed by atoms with Gasteiger partial charge in [0.15, 0.2) is 0 Å². The van der Waals surface area contributed by atoms with Crippen LogP contribution in [0.15, 0.2) is 24.3 Å². The Labute approximate surface area is 111 Å². The molecule has 2 aliphatic carbocycles. The highest BCUT2D eigenvalue weighted by molar-refractivity contribution is 5.27. The van der Waals surface area contributed by atoms with E-state index < -0.39 is 0 Å². The fourth-order valence-corrected chi connectivity index (χ4v) is 3.08. The van der Waals surface area contributed by atoms with Gasteiger partial charge < -0.3 is 5.32 Å². The highest BCUT2D eigenvalue weighted by atomic mass is 14.9. The number of rotatable bonds is 6. The van der Waals surface area contributed by atoms with E-state index in [1.54, 1.807) is 5.56 Å². The number of nitrogens with one attached hydrogen (secondary N) is 1. The summed E-state index contributed by atoms with van der Waals surface area (Å²) in [6.45, 7) is 3.43. The lowest BCUT2D eigenvalue weighted by Crippen LogP contribution is -2.40. The third kappa shape index (κ3) is 3.14. The van der Waals surface area contributed by atoms with E-state index >= 15 is 0 Å². The first kappa shape index (κ1) is 12.2. The van der Waals surface area contributed by atoms with E-state index in [9.17, 15) is 0 Å². The van der Waals surface area contributed by atoms with Crippen LogP contribution in [0.4, 0.5) is 0 Å². The summed E-state index contributed by atoms with van der Waals surface area (Å²) < 4.78 is 0. The Hall–Kier alpha value is -0.820. The van der Waals surface area contributed by atoms with Gasteiger partial charge in [0.25, 0.3) is 0 Å². The average molecular weight is 243 g/mol. The fraction of sp³-hybridized carbons (Fsp3) is 0.647. The molecule has 1 heteroatoms. The summed E-state index contributed by atoms with van der Waals surface area (Å²) in [4.78, 5) is 0. The zero-order valence-corrected chi connectivity index (χ0v) is 11.5. The molecule has 2 saturated carbocycles. The van der Waals surface area contributed by atoms with Crippen LogP contribution >= 0.6 is 0 Å². The van der Waals surface area contributed by atoms with E-state index in [2.05, 4.69) is 36.5 Å². The van der Waals surface area contributed by atoms with E-state index in [0.29, 0.717) is 0 Å². The minimum atomic E-state index is 0.787. The van der Waals surface area contributed by atoms with Crippen molar-refractivity contribution in [1.82, 2.24) is 5.32 Å². The van der Waals surface area contributed by atoms with E-state index in [4.69, 9.17) is 0 Å². The number of hydrogen-bond acceptors (Lipinski definition) is 1. The van der Waals surface area contributed by atoms with Gasteiger partial charge in [0.1, 0.15) is 0 Å². The van der Waals surface area contributed by atoms with Crippen LogP contribution in [-0.2, 0) is 0 Å². The second kappa shape index (κ2) is 5.44. The monoisotopic (exact) mass is 243 g/mol. The van der Waals surface area contributed by atoms with Crippen LogP contribution in [0.2, 0.25) is 0 Å². The summed E-state index contributed by atoms with van der Waals surface area (Å²) in [5.41, 5.74) is 2.94. The van der Waals surface area contributed by atoms with Gasteiger partial charge in [0, 0.05) is 6.04 Å². The Morgan fingerprint density at radius 3 is 2.78 bits per heavy atom. The maximum absolute atomic E-state index is 3.72. The van der Waals surface area contributed by atoms with E-state index in [1.165, 1.54) is 50.6 Å². The van der Waals surface area contributed by atoms with Crippen LogP contribution in [-0.4, -0.2) is 12.6 Å². The average Bonchev–Trinajstić information content (AvgIpc) is 3.10. The van der Waals surface area contributed by atoms with Crippen LogP contribution < -0.4 is 5.32 Å². The Morgan fingerprint density at radius 1 is 1.22 bits per heavy atom. The Bertz CT molecular complexity index is 388. The molecular weight excluding hydrogens is 218 g/mol. The second-order valence-corrected chi connectivity index (χ2v) is 6.32. The number of benzene rings is 1. The quantitative estimate of drug-likeness (QED) is 0.744. The standard InChI is InChI=1S/C17H25N/c1-13-4-2-6-15(10-13)16-11-17(12-16)18-9-3-5-14-7-8-14/h2,4,6,10,14,16-18H,3,5,7-9,11-12H2,1H3. The number of hydrogen-bond donors (Lipinski definition) is 1. The van der Waals surface area contributed by atoms with Crippen LogP contribution in [0.1, 0.15) is 55.6 Å². The van der Waals surface area contributed by atoms with Crippen LogP contribution in [0.5, 0.6) is 0 Å². The maximum atomic E-state index is 3.72. The normalized spacial score (nSPS) is 26.9. The van der Waals surface area contributed by atoms with Crippen molar-refractivity contribution in [3.8, 4) is 0 Å². The lowest BCUT2D eigenvalue weighted by atomic mass is 9.75. The lowest BCUT2D eigenvalue weighted by molar-refractivity contribution is 0.289. The summed E-state index contributed by atoms with van der Waals surface area (Å²) in [5, 5.41) is 3.72. The Balaban J connectivity index is 1.34. The molecular formula is C17H25N. The van der Waals surface area contributed by atoms with Gasteiger partial charge >= 0.3 is 0 Å². The molecule has 3 rings (SSSR count). The molecule has 1 nitrogen and oxygen atoms in total. The van der Waals surface area contributed by atoms with Gasteiger partial charge in [-0.05, 0) is 56.6 Å². The first-order valence-corrected chi connectivity index (χ1v) is 7.61. The van der Waals surface area contributed by atoms with Gasteiger partial charge in [0.2, 0.25) is 0 Å². The molecule has 98 valence electrons. The van der Waals surface area contributed by atoms with Crippen LogP contribution in [0.25, 0.3) is 0 Å². The van der Waals surface area contributed by atoms with Crippen molar-refractivity contribution in [2.75, 3.05) is 6.54 Å². The van der Waals surface area contributed by atoms with Gasteiger partial charge in [0.05, 0.1) is 0 Å². The predicted molar refractivity (Wildman–Crippen MR) is 76.9 cm³/mol. The van der Waals surface area contributed by atoms with Crippen molar-refractivity contribution in [2.24, 2.45) is 5.92 Å². The lowest BCUT2D eigenvalue weighted by Gasteiger charge is -2.36. The highest BCUT2D eigenvalue weighted by Gasteiger charge is 2.29. The molecule has 1 aromatic rings. The predicted octanol–water partition coefficient (Wildman–Crippen LogP) is 4.02. The van der Waals surface area contributed by atoms with E-state index in [1.807, 2.05) is 0 Å².